The predicted octanol–water partition coefficient (Wildman–Crippen LogP) is -1.42. The van der Waals surface area contributed by atoms with Crippen molar-refractivity contribution in [3.05, 3.63) is 15.3 Å². The van der Waals surface area contributed by atoms with Crippen molar-refractivity contribution in [2.24, 2.45) is 0 Å². The Morgan fingerprint density at radius 3 is 1.00 bits per heavy atom. The summed E-state index contributed by atoms with van der Waals surface area (Å²) in [7, 11) is -5.17. The summed E-state index contributed by atoms with van der Waals surface area (Å²) < 4.78 is 34.1. The molecule has 9 nitrogen and oxygen atoms in total. The number of hydrogen-bond acceptors (Lipinski definition) is 8. The van der Waals surface area contributed by atoms with E-state index in [9.17, 15) is 0 Å². The predicted molar refractivity (Wildman–Crippen MR) is 25.9 cm³/mol. The van der Waals surface area contributed by atoms with E-state index in [-0.39, 0.29) is 39.1 Å². The second-order valence-corrected chi connectivity index (χ2v) is 1.45. The van der Waals surface area contributed by atoms with Gasteiger partial charge in [-0.2, -0.15) is 0 Å². The molecule has 0 unspecified atom stereocenters. The molecule has 0 bridgehead atoms. The molecule has 0 atom stereocenters. The van der Waals surface area contributed by atoms with Gasteiger partial charge in [-0.15, -0.1) is 0 Å². The molecule has 0 fully saturated rings. The van der Waals surface area contributed by atoms with E-state index in [4.69, 9.17) is 32.8 Å². The van der Waals surface area contributed by atoms with Gasteiger partial charge in [0.05, 0.1) is 5.09 Å². The molecule has 0 spiro atoms. The minimum Gasteiger partial charge on any atom is -0.759 e. The summed E-state index contributed by atoms with van der Waals surface area (Å²) in [5, 5.41) is 14.8. The summed E-state index contributed by atoms with van der Waals surface area (Å²) in [5.41, 5.74) is 0. The molecule has 0 amide bonds. The Bertz CT molecular complexity index is 162. The quantitative estimate of drug-likeness (QED) is 0.185. The van der Waals surface area contributed by atoms with Gasteiger partial charge in [-0.1, -0.05) is 0 Å². The summed E-state index contributed by atoms with van der Waals surface area (Å²) in [6.45, 7) is 0. The van der Waals surface area contributed by atoms with Crippen LogP contribution in [0.5, 0.6) is 0 Å². The largest absolute Gasteiger partial charge is 2.00 e. The first-order chi connectivity index (χ1) is 3.73. The smallest absolute Gasteiger partial charge is 0.759 e. The minimum absolute atomic E-state index is 0. The zero-order valence-electron chi connectivity index (χ0n) is 5.05. The van der Waals surface area contributed by atoms with Gasteiger partial charge in [-0.3, -0.25) is 8.42 Å². The molecule has 0 aliphatic heterocycles. The van der Waals surface area contributed by atoms with Gasteiger partial charge in [0.2, 0.25) is 0 Å². The third-order valence-electron chi connectivity index (χ3n) is 0. The minimum atomic E-state index is -5.17. The molecule has 0 saturated carbocycles. The summed E-state index contributed by atoms with van der Waals surface area (Å²) >= 11 is 0. The van der Waals surface area contributed by atoms with E-state index in [0.29, 0.717) is 0 Å². The maximum Gasteiger partial charge on any atom is 2.00 e. The van der Waals surface area contributed by atoms with E-state index in [0.717, 1.165) is 0 Å². The normalized spacial score (nSPS) is 6.83. The van der Waals surface area contributed by atoms with Gasteiger partial charge in [0.15, 0.2) is 0 Å². The molecule has 3 N–H and O–H groups in total. The molecule has 0 aromatic carbocycles. The number of rotatable bonds is 0. The molecular weight excluding hydrogens is 289 g/mol. The van der Waals surface area contributed by atoms with Crippen molar-refractivity contribution in [2.45, 2.75) is 0 Å². The second-order valence-electron chi connectivity index (χ2n) is 0.632. The van der Waals surface area contributed by atoms with Gasteiger partial charge in [-0.05, 0) is 0 Å². The topological polar surface area (TPSA) is 181 Å². The second kappa shape index (κ2) is 13.6. The maximum absolute atomic E-state index is 8.52. The monoisotopic (exact) mass is 291 g/mol. The van der Waals surface area contributed by atoms with Gasteiger partial charge < -0.3 is 30.6 Å². The van der Waals surface area contributed by atoms with Crippen LogP contribution >= 0.6 is 0 Å². The van der Waals surface area contributed by atoms with Crippen LogP contribution in [-0.4, -0.2) is 22.6 Å². The Labute approximate surface area is 87.6 Å². The van der Waals surface area contributed by atoms with Crippen molar-refractivity contribution in [2.75, 3.05) is 0 Å². The first kappa shape index (κ1) is 29.6. The third kappa shape index (κ3) is 2810000. The van der Waals surface area contributed by atoms with Crippen LogP contribution in [0.25, 0.3) is 0 Å². The molecule has 0 aromatic rings. The zero-order valence-corrected chi connectivity index (χ0v) is 7.84. The average molecular weight is 292 g/mol. The van der Waals surface area contributed by atoms with Crippen LogP contribution < -0.4 is 6.15 Å². The van der Waals surface area contributed by atoms with Crippen LogP contribution in [0.2, 0.25) is 0 Å². The van der Waals surface area contributed by atoms with E-state index in [1.165, 1.54) is 0 Å². The van der Waals surface area contributed by atoms with Crippen LogP contribution in [0.15, 0.2) is 0 Å². The van der Waals surface area contributed by atoms with E-state index in [1.807, 2.05) is 0 Å². The maximum atomic E-state index is 8.52. The van der Waals surface area contributed by atoms with Crippen molar-refractivity contribution in [1.29, 1.82) is 0 Å². The van der Waals surface area contributed by atoms with Gasteiger partial charge in [0.1, 0.15) is 0 Å². The summed E-state index contributed by atoms with van der Waals surface area (Å²) in [5.74, 6) is 0. The molecule has 12 heavy (non-hydrogen) atoms. The fraction of sp³-hybridized carbons (Fsp3) is 0. The van der Waals surface area contributed by atoms with E-state index < -0.39 is 15.5 Å². The fourth-order valence-electron chi connectivity index (χ4n) is 0. The van der Waals surface area contributed by atoms with Crippen molar-refractivity contribution in [1.82, 2.24) is 6.15 Å². The average Bonchev–Trinajstić information content (AvgIpc) is 1.19. The first-order valence-electron chi connectivity index (χ1n) is 1.21. The Morgan fingerprint density at radius 2 is 1.00 bits per heavy atom. The van der Waals surface area contributed by atoms with Crippen molar-refractivity contribution in [3.63, 3.8) is 0 Å². The third-order valence-corrected chi connectivity index (χ3v) is 0. The molecule has 80 valence electrons. The SMILES string of the molecule is N.O=S(=O)([O-])[O-].O=[N+]([O-])[O-].[Ni+2].[Ni+2]. The van der Waals surface area contributed by atoms with Crippen molar-refractivity contribution in [3.8, 4) is 0 Å². The van der Waals surface area contributed by atoms with E-state index in [1.54, 1.807) is 0 Å². The first-order valence-corrected chi connectivity index (χ1v) is 2.55. The molecule has 0 rings (SSSR count). The van der Waals surface area contributed by atoms with Crippen LogP contribution in [0.1, 0.15) is 0 Å². The molecule has 0 saturated heterocycles. The molecular formula is H3N2Ni2O7S+. The number of nitrogens with zero attached hydrogens (tertiary/aromatic N) is 1. The van der Waals surface area contributed by atoms with Gasteiger partial charge in [0, 0.05) is 10.4 Å². The van der Waals surface area contributed by atoms with Crippen LogP contribution in [0, 0.1) is 15.3 Å². The summed E-state index contributed by atoms with van der Waals surface area (Å²) in [6.07, 6.45) is 0. The summed E-state index contributed by atoms with van der Waals surface area (Å²) in [6, 6.07) is 0. The molecule has 0 aliphatic carbocycles. The Balaban J connectivity index is -0.0000000221. The number of hydrogen-bond donors (Lipinski definition) is 1. The molecule has 12 heteroatoms. The summed E-state index contributed by atoms with van der Waals surface area (Å²) in [4.78, 5) is 8.25. The van der Waals surface area contributed by atoms with E-state index >= 15 is 0 Å². The Kier molecular flexibility index (Phi) is 33.6. The van der Waals surface area contributed by atoms with Gasteiger partial charge >= 0.3 is 33.0 Å². The molecule has 0 heterocycles. The molecule has 0 radical (unpaired) electrons. The zero-order chi connectivity index (χ0) is 8.08. The fourth-order valence-corrected chi connectivity index (χ4v) is 0. The van der Waals surface area contributed by atoms with Crippen molar-refractivity contribution >= 4 is 10.4 Å². The van der Waals surface area contributed by atoms with Crippen molar-refractivity contribution < 1.29 is 55.6 Å². The molecule has 0 aliphatic rings. The van der Waals surface area contributed by atoms with Crippen LogP contribution in [-0.2, 0) is 43.4 Å². The van der Waals surface area contributed by atoms with Gasteiger partial charge in [0.25, 0.3) is 0 Å². The van der Waals surface area contributed by atoms with E-state index in [2.05, 4.69) is 0 Å². The molecule has 0 aromatic heterocycles. The van der Waals surface area contributed by atoms with Crippen LogP contribution in [0.3, 0.4) is 0 Å². The van der Waals surface area contributed by atoms with Gasteiger partial charge in [-0.25, -0.2) is 0 Å². The standard InChI is InChI=1S/NO3.H3N.2Ni.H2O4S/c2-1(3)4;;;;1-5(2,3)4/h;1H3;;;(H2,1,2,3,4)/q-1;;2*+2;/p-2. The Morgan fingerprint density at radius 1 is 1.00 bits per heavy atom. The van der Waals surface area contributed by atoms with Crippen LogP contribution in [0.4, 0.5) is 0 Å². The Hall–Kier alpha value is 0.0170.